The van der Waals surface area contributed by atoms with Crippen LogP contribution in [-0.2, 0) is 33.6 Å². The summed E-state index contributed by atoms with van der Waals surface area (Å²) in [5.74, 6) is 0. The molecule has 6 heavy (non-hydrogen) atoms. The third kappa shape index (κ3) is 959. The third-order valence-electron chi connectivity index (χ3n) is 0. The van der Waals surface area contributed by atoms with E-state index in [1.807, 2.05) is 0 Å². The van der Waals surface area contributed by atoms with Crippen LogP contribution in [0.15, 0.2) is 0 Å². The van der Waals surface area contributed by atoms with E-state index >= 15 is 0 Å². The fraction of sp³-hybridized carbons (Fsp3) is 0. The molecule has 0 rings (SSSR count). The average molecular weight is 184 g/mol. The minimum absolute atomic E-state index is 0. The van der Waals surface area contributed by atoms with Crippen molar-refractivity contribution in [3.63, 3.8) is 0 Å². The maximum atomic E-state index is 8.25. The summed E-state index contributed by atoms with van der Waals surface area (Å²) in [4.78, 5) is 8.25. The summed E-state index contributed by atoms with van der Waals surface area (Å²) in [6.45, 7) is 0. The molecule has 0 aromatic heterocycles. The van der Waals surface area contributed by atoms with E-state index in [9.17, 15) is 0 Å². The Morgan fingerprint density at radius 1 is 1.33 bits per heavy atom. The van der Waals surface area contributed by atoms with Gasteiger partial charge in [-0.2, -0.15) is 0 Å². The minimum Gasteiger partial charge on any atom is -0.356 e. The van der Waals surface area contributed by atoms with Crippen LogP contribution in [0.4, 0.5) is 0 Å². The van der Waals surface area contributed by atoms with E-state index in [4.69, 9.17) is 15.3 Å². The Hall–Kier alpha value is 0.213. The SMILES string of the molecule is O=[N+]([O-])[O-].[Cu+].[Ni]. The Balaban J connectivity index is -0.0000000450. The molecule has 0 saturated heterocycles. The van der Waals surface area contributed by atoms with Crippen LogP contribution in [0.3, 0.4) is 0 Å². The van der Waals surface area contributed by atoms with E-state index < -0.39 is 5.09 Å². The quantitative estimate of drug-likeness (QED) is 0.296. The van der Waals surface area contributed by atoms with E-state index in [0.717, 1.165) is 0 Å². The number of hydrogen-bond acceptors (Lipinski definition) is 3. The molecule has 0 amide bonds. The molecule has 0 N–H and O–H groups in total. The van der Waals surface area contributed by atoms with E-state index in [2.05, 4.69) is 0 Å². The first-order valence-electron chi connectivity index (χ1n) is 0.548. The van der Waals surface area contributed by atoms with E-state index in [1.165, 1.54) is 0 Å². The first kappa shape index (κ1) is 16.4. The molecular formula is CuNNiO3. The van der Waals surface area contributed by atoms with Crippen molar-refractivity contribution in [2.24, 2.45) is 0 Å². The molecular weight excluding hydrogens is 184 g/mol. The van der Waals surface area contributed by atoms with Gasteiger partial charge in [-0.3, -0.25) is 0 Å². The summed E-state index contributed by atoms with van der Waals surface area (Å²) in [5, 5.41) is 14.8. The molecule has 0 atom stereocenters. The Labute approximate surface area is 54.4 Å². The first-order chi connectivity index (χ1) is 1.73. The van der Waals surface area contributed by atoms with Crippen LogP contribution in [0.1, 0.15) is 0 Å². The molecule has 0 radical (unpaired) electrons. The van der Waals surface area contributed by atoms with Crippen LogP contribution in [0.2, 0.25) is 0 Å². The van der Waals surface area contributed by atoms with Gasteiger partial charge in [-0.1, -0.05) is 0 Å². The van der Waals surface area contributed by atoms with Gasteiger partial charge in [0.15, 0.2) is 0 Å². The van der Waals surface area contributed by atoms with Crippen molar-refractivity contribution in [2.75, 3.05) is 0 Å². The molecule has 0 spiro atoms. The van der Waals surface area contributed by atoms with Crippen LogP contribution in [0, 0.1) is 15.3 Å². The first-order valence-corrected chi connectivity index (χ1v) is 0.548. The number of hydrogen-bond donors (Lipinski definition) is 0. The molecule has 0 fully saturated rings. The normalized spacial score (nSPS) is 4.00. The zero-order valence-corrected chi connectivity index (χ0v) is 4.22. The molecule has 0 saturated carbocycles. The predicted molar refractivity (Wildman–Crippen MR) is 10.4 cm³/mol. The van der Waals surface area contributed by atoms with Crippen molar-refractivity contribution in [1.29, 1.82) is 0 Å². The van der Waals surface area contributed by atoms with Crippen molar-refractivity contribution >= 4 is 0 Å². The second-order valence-electron chi connectivity index (χ2n) is 0.224. The Kier molecular flexibility index (Phi) is 24.4. The van der Waals surface area contributed by atoms with Crippen molar-refractivity contribution in [1.82, 2.24) is 0 Å². The molecule has 0 aromatic rings. The second-order valence-corrected chi connectivity index (χ2v) is 0.224. The van der Waals surface area contributed by atoms with Crippen molar-refractivity contribution in [3.8, 4) is 0 Å². The molecule has 0 aliphatic carbocycles. The number of nitrogens with zero attached hydrogens (tertiary/aromatic N) is 1. The summed E-state index contributed by atoms with van der Waals surface area (Å²) in [6.07, 6.45) is 0. The maximum absolute atomic E-state index is 8.25. The van der Waals surface area contributed by atoms with Crippen molar-refractivity contribution < 1.29 is 38.6 Å². The molecule has 44 valence electrons. The van der Waals surface area contributed by atoms with Crippen LogP contribution in [0.5, 0.6) is 0 Å². The van der Waals surface area contributed by atoms with Gasteiger partial charge in [0.05, 0.1) is 5.09 Å². The number of rotatable bonds is 0. The monoisotopic (exact) mass is 183 g/mol. The Morgan fingerprint density at radius 2 is 1.33 bits per heavy atom. The van der Waals surface area contributed by atoms with Gasteiger partial charge in [0, 0.05) is 16.5 Å². The largest absolute Gasteiger partial charge is 1.00 e. The van der Waals surface area contributed by atoms with Crippen LogP contribution in [0.25, 0.3) is 0 Å². The summed E-state index contributed by atoms with van der Waals surface area (Å²) < 4.78 is 0. The Bertz CT molecular complexity index is 33.8. The van der Waals surface area contributed by atoms with Crippen LogP contribution < -0.4 is 0 Å². The standard InChI is InChI=1S/Cu.NO3.Ni/c;2-1(3)4;/q+1;-1;. The molecule has 0 aromatic carbocycles. The molecule has 0 bridgehead atoms. The topological polar surface area (TPSA) is 66.2 Å². The zero-order chi connectivity index (χ0) is 3.58. The van der Waals surface area contributed by atoms with Gasteiger partial charge >= 0.3 is 17.1 Å². The molecule has 4 nitrogen and oxygen atoms in total. The van der Waals surface area contributed by atoms with Gasteiger partial charge in [-0.05, 0) is 0 Å². The summed E-state index contributed by atoms with van der Waals surface area (Å²) >= 11 is 0. The molecule has 0 unspecified atom stereocenters. The van der Waals surface area contributed by atoms with Crippen molar-refractivity contribution in [2.45, 2.75) is 0 Å². The van der Waals surface area contributed by atoms with Gasteiger partial charge in [-0.25, -0.2) is 0 Å². The molecule has 6 heteroatoms. The third-order valence-corrected chi connectivity index (χ3v) is 0. The molecule has 0 aliphatic heterocycles. The van der Waals surface area contributed by atoms with E-state index in [0.29, 0.717) is 0 Å². The van der Waals surface area contributed by atoms with Crippen LogP contribution >= 0.6 is 0 Å². The minimum atomic E-state index is -1.75. The molecule has 0 aliphatic rings. The fourth-order valence-electron chi connectivity index (χ4n) is 0. The van der Waals surface area contributed by atoms with Gasteiger partial charge in [0.25, 0.3) is 0 Å². The Morgan fingerprint density at radius 3 is 1.33 bits per heavy atom. The summed E-state index contributed by atoms with van der Waals surface area (Å²) in [6, 6.07) is 0. The molecule has 0 heterocycles. The summed E-state index contributed by atoms with van der Waals surface area (Å²) in [5.41, 5.74) is 0. The van der Waals surface area contributed by atoms with Gasteiger partial charge in [0.2, 0.25) is 0 Å². The predicted octanol–water partition coefficient (Wildman–Crippen LogP) is -0.244. The smallest absolute Gasteiger partial charge is 0.356 e. The second kappa shape index (κ2) is 8.96. The van der Waals surface area contributed by atoms with Crippen molar-refractivity contribution in [3.05, 3.63) is 15.3 Å². The fourth-order valence-corrected chi connectivity index (χ4v) is 0. The van der Waals surface area contributed by atoms with Gasteiger partial charge in [-0.15, -0.1) is 0 Å². The van der Waals surface area contributed by atoms with Gasteiger partial charge < -0.3 is 15.3 Å². The maximum Gasteiger partial charge on any atom is 1.00 e. The van der Waals surface area contributed by atoms with E-state index in [1.54, 1.807) is 0 Å². The van der Waals surface area contributed by atoms with E-state index in [-0.39, 0.29) is 33.6 Å². The van der Waals surface area contributed by atoms with Crippen LogP contribution in [-0.4, -0.2) is 5.09 Å². The zero-order valence-electron chi connectivity index (χ0n) is 2.29. The summed E-state index contributed by atoms with van der Waals surface area (Å²) in [7, 11) is 0. The van der Waals surface area contributed by atoms with Gasteiger partial charge in [0.1, 0.15) is 0 Å². The average Bonchev–Trinajstić information content (AvgIpc) is 0.811.